The van der Waals surface area contributed by atoms with Crippen molar-refractivity contribution in [2.75, 3.05) is 40.9 Å². The van der Waals surface area contributed by atoms with Gasteiger partial charge in [0.05, 0.1) is 39.9 Å². The van der Waals surface area contributed by atoms with Crippen molar-refractivity contribution in [2.24, 2.45) is 0 Å². The second-order valence-electron chi connectivity index (χ2n) is 19.6. The molecule has 0 heterocycles. The molecule has 376 valence electrons. The van der Waals surface area contributed by atoms with Gasteiger partial charge in [-0.15, -0.1) is 0 Å². The quantitative estimate of drug-likeness (QED) is 0.0243. The van der Waals surface area contributed by atoms with Crippen molar-refractivity contribution < 1.29 is 32.9 Å². The lowest BCUT2D eigenvalue weighted by molar-refractivity contribution is -0.870. The third-order valence-electron chi connectivity index (χ3n) is 12.1. The van der Waals surface area contributed by atoms with Gasteiger partial charge in [-0.25, -0.2) is 4.57 Å². The number of phosphoric acid groups is 1. The third-order valence-corrected chi connectivity index (χ3v) is 13.1. The summed E-state index contributed by atoms with van der Waals surface area (Å²) in [7, 11) is 1.62. The van der Waals surface area contributed by atoms with Crippen LogP contribution in [0.4, 0.5) is 0 Å². The molecule has 0 saturated heterocycles. The van der Waals surface area contributed by atoms with Crippen molar-refractivity contribution in [2.45, 2.75) is 257 Å². The molecule has 3 atom stereocenters. The molecule has 0 rings (SSSR count). The number of carbonyl (C=O) groups excluding carboxylic acids is 1. The lowest BCUT2D eigenvalue weighted by atomic mass is 10.0. The average Bonchev–Trinajstić information content (AvgIpc) is 3.25. The van der Waals surface area contributed by atoms with Crippen molar-refractivity contribution in [3.8, 4) is 0 Å². The van der Waals surface area contributed by atoms with Crippen molar-refractivity contribution >= 4 is 13.7 Å². The van der Waals surface area contributed by atoms with E-state index in [1.165, 1.54) is 154 Å². The van der Waals surface area contributed by atoms with Gasteiger partial charge in [0.15, 0.2) is 0 Å². The molecule has 0 saturated carbocycles. The number of allylic oxidation sites excluding steroid dienone is 8. The van der Waals surface area contributed by atoms with Gasteiger partial charge in [0.1, 0.15) is 13.2 Å². The van der Waals surface area contributed by atoms with E-state index < -0.39 is 20.0 Å². The van der Waals surface area contributed by atoms with E-state index in [0.29, 0.717) is 23.9 Å². The molecule has 0 fully saturated rings. The van der Waals surface area contributed by atoms with E-state index in [1.807, 2.05) is 21.1 Å². The lowest BCUT2D eigenvalue weighted by Gasteiger charge is -2.26. The largest absolute Gasteiger partial charge is 0.472 e. The van der Waals surface area contributed by atoms with E-state index in [9.17, 15) is 19.4 Å². The van der Waals surface area contributed by atoms with Gasteiger partial charge in [0, 0.05) is 6.42 Å². The Hall–Kier alpha value is -1.54. The normalized spacial score (nSPS) is 14.4. The molecule has 0 aliphatic heterocycles. The summed E-state index contributed by atoms with van der Waals surface area (Å²) in [4.78, 5) is 23.1. The Labute approximate surface area is 397 Å². The Morgan fingerprint density at radius 2 is 0.938 bits per heavy atom. The first kappa shape index (κ1) is 62.5. The molecule has 0 aromatic carbocycles. The monoisotopic (exact) mass is 922 g/mol. The van der Waals surface area contributed by atoms with Crippen molar-refractivity contribution in [1.29, 1.82) is 0 Å². The van der Waals surface area contributed by atoms with Crippen molar-refractivity contribution in [1.82, 2.24) is 5.32 Å². The highest BCUT2D eigenvalue weighted by molar-refractivity contribution is 7.47. The van der Waals surface area contributed by atoms with Gasteiger partial charge >= 0.3 is 7.82 Å². The predicted molar refractivity (Wildman–Crippen MR) is 277 cm³/mol. The zero-order chi connectivity index (χ0) is 47.1. The molecule has 0 aromatic heterocycles. The summed E-state index contributed by atoms with van der Waals surface area (Å²) >= 11 is 0. The van der Waals surface area contributed by atoms with E-state index in [2.05, 4.69) is 67.8 Å². The number of nitrogens with zero attached hydrogens (tertiary/aromatic N) is 1. The molecule has 0 aliphatic carbocycles. The summed E-state index contributed by atoms with van der Waals surface area (Å²) in [5.41, 5.74) is 0. The Bertz CT molecular complexity index is 1180. The Morgan fingerprint density at radius 1 is 0.547 bits per heavy atom. The van der Waals surface area contributed by atoms with E-state index in [-0.39, 0.29) is 19.1 Å². The molecule has 0 radical (unpaired) electrons. The summed E-state index contributed by atoms with van der Waals surface area (Å²) in [6.45, 7) is 4.74. The average molecular weight is 922 g/mol. The Morgan fingerprint density at radius 3 is 1.38 bits per heavy atom. The number of aliphatic hydroxyl groups excluding tert-OH is 1. The Kier molecular flexibility index (Phi) is 45.4. The molecule has 3 N–H and O–H groups in total. The van der Waals surface area contributed by atoms with Gasteiger partial charge in [-0.1, -0.05) is 236 Å². The minimum atomic E-state index is -4.31. The van der Waals surface area contributed by atoms with Gasteiger partial charge in [-0.3, -0.25) is 13.8 Å². The lowest BCUT2D eigenvalue weighted by Crippen LogP contribution is -2.46. The first-order chi connectivity index (χ1) is 31.0. The highest BCUT2D eigenvalue weighted by atomic mass is 31.2. The maximum absolute atomic E-state index is 12.9. The number of aliphatic hydroxyl groups is 1. The van der Waals surface area contributed by atoms with Crippen LogP contribution in [0.25, 0.3) is 0 Å². The number of unbranched alkanes of at least 4 members (excludes halogenated alkanes) is 28. The van der Waals surface area contributed by atoms with Crippen LogP contribution in [0.1, 0.15) is 245 Å². The zero-order valence-corrected chi connectivity index (χ0v) is 43.7. The van der Waals surface area contributed by atoms with Crippen LogP contribution in [0.3, 0.4) is 0 Å². The number of likely N-dealkylation sites (N-methyl/N-ethyl adjacent to an activating group) is 1. The number of nitrogens with one attached hydrogen (secondary N) is 1. The van der Waals surface area contributed by atoms with Crippen molar-refractivity contribution in [3.05, 3.63) is 48.6 Å². The van der Waals surface area contributed by atoms with Crippen LogP contribution < -0.4 is 5.32 Å². The molecule has 0 spiro atoms. The maximum atomic E-state index is 12.9. The number of rotatable bonds is 49. The summed E-state index contributed by atoms with van der Waals surface area (Å²) in [5.74, 6) is -0.146. The second-order valence-corrected chi connectivity index (χ2v) is 21.0. The van der Waals surface area contributed by atoms with Gasteiger partial charge in [0.25, 0.3) is 0 Å². The molecule has 1 amide bonds. The molecule has 3 unspecified atom stereocenters. The van der Waals surface area contributed by atoms with E-state index in [0.717, 1.165) is 64.2 Å². The van der Waals surface area contributed by atoms with Gasteiger partial charge in [-0.05, 0) is 51.4 Å². The summed E-state index contributed by atoms with van der Waals surface area (Å²) < 4.78 is 23.6. The van der Waals surface area contributed by atoms with Crippen LogP contribution in [0.15, 0.2) is 48.6 Å². The second kappa shape index (κ2) is 46.6. The highest BCUT2D eigenvalue weighted by Gasteiger charge is 2.28. The molecular weight excluding hydrogens is 816 g/mol. The molecule has 8 nitrogen and oxygen atoms in total. The number of phosphoric ester groups is 1. The maximum Gasteiger partial charge on any atom is 0.472 e. The molecule has 9 heteroatoms. The van der Waals surface area contributed by atoms with Crippen LogP contribution in [0, 0.1) is 0 Å². The highest BCUT2D eigenvalue weighted by Crippen LogP contribution is 2.43. The Balaban J connectivity index is 3.81. The first-order valence-electron chi connectivity index (χ1n) is 27.0. The van der Waals surface area contributed by atoms with E-state index >= 15 is 0 Å². The van der Waals surface area contributed by atoms with E-state index in [4.69, 9.17) is 9.05 Å². The fraction of sp³-hybridized carbons (Fsp3) is 0.836. The minimum absolute atomic E-state index is 0.0752. The number of amides is 1. The molecule has 0 bridgehead atoms. The van der Waals surface area contributed by atoms with Crippen molar-refractivity contribution in [3.63, 3.8) is 0 Å². The molecule has 0 aliphatic rings. The number of hydrogen-bond donors (Lipinski definition) is 3. The minimum Gasteiger partial charge on any atom is -0.391 e. The summed E-state index contributed by atoms with van der Waals surface area (Å²) in [6.07, 6.45) is 60.6. The van der Waals surface area contributed by atoms with Gasteiger partial charge in [-0.2, -0.15) is 0 Å². The van der Waals surface area contributed by atoms with E-state index in [1.54, 1.807) is 0 Å². The van der Waals surface area contributed by atoms with Crippen LogP contribution >= 0.6 is 7.82 Å². The van der Waals surface area contributed by atoms with Crippen LogP contribution in [0.2, 0.25) is 0 Å². The fourth-order valence-electron chi connectivity index (χ4n) is 7.86. The third kappa shape index (κ3) is 48.4. The standard InChI is InChI=1S/C55H105N2O6P/c1-6-8-10-12-14-15-16-17-18-19-20-21-22-23-24-25-26-27-28-29-30-31-32-33-34-35-36-37-38-39-40-41-43-45-47-49-55(59)56-53(54(58)48-46-44-42-13-11-9-7-2)52-63-64(60,61)62-51-50-57(3,4)5/h8,10,14-15,17-18,20-21,53-54,58H,6-7,9,11-13,16,19,22-52H2,1-5H3,(H-,56,59,60,61)/p+1/b10-8-,15-14-,18-17-,21-20-. The smallest absolute Gasteiger partial charge is 0.391 e. The van der Waals surface area contributed by atoms with Crippen LogP contribution in [-0.2, 0) is 18.4 Å². The molecule has 64 heavy (non-hydrogen) atoms. The summed E-state index contributed by atoms with van der Waals surface area (Å²) in [6, 6.07) is -0.756. The number of hydrogen-bond acceptors (Lipinski definition) is 5. The number of carbonyl (C=O) groups is 1. The number of quaternary nitrogens is 1. The summed E-state index contributed by atoms with van der Waals surface area (Å²) in [5, 5.41) is 13.9. The van der Waals surface area contributed by atoms with Gasteiger partial charge < -0.3 is 19.8 Å². The predicted octanol–water partition coefficient (Wildman–Crippen LogP) is 16.0. The SMILES string of the molecule is CC/C=C\C/C=C\C/C=C\C/C=C\CCCCCCCCCCCCCCCCCCCCCCCCC(=O)NC(COP(=O)(O)OCC[N+](C)(C)C)C(O)CCCCCCCCC. The molecular formula is C55H106N2O6P+. The van der Waals surface area contributed by atoms with Crippen LogP contribution in [-0.4, -0.2) is 73.4 Å². The molecule has 0 aromatic rings. The fourth-order valence-corrected chi connectivity index (χ4v) is 8.60. The van der Waals surface area contributed by atoms with Crippen LogP contribution in [0.5, 0.6) is 0 Å². The topological polar surface area (TPSA) is 105 Å². The zero-order valence-electron chi connectivity index (χ0n) is 42.8. The first-order valence-corrected chi connectivity index (χ1v) is 28.5. The van der Waals surface area contributed by atoms with Gasteiger partial charge in [0.2, 0.25) is 5.91 Å².